The number of carboxylic acids is 1. The number of amides is 1. The maximum atomic E-state index is 11.7. The van der Waals surface area contributed by atoms with E-state index in [4.69, 9.17) is 10.3 Å². The van der Waals surface area contributed by atoms with Crippen LogP contribution in [-0.2, 0) is 9.53 Å². The first-order valence-electron chi connectivity index (χ1n) is 6.99. The van der Waals surface area contributed by atoms with Gasteiger partial charge in [-0.1, -0.05) is 5.11 Å². The van der Waals surface area contributed by atoms with E-state index in [2.05, 4.69) is 15.3 Å². The molecule has 0 aromatic carbocycles. The molecule has 0 aromatic rings. The van der Waals surface area contributed by atoms with Gasteiger partial charge in [0, 0.05) is 11.0 Å². The summed E-state index contributed by atoms with van der Waals surface area (Å²) in [5.74, 6) is -1.26. The summed E-state index contributed by atoms with van der Waals surface area (Å²) in [4.78, 5) is 25.8. The molecule has 1 atom stereocenters. The van der Waals surface area contributed by atoms with Gasteiger partial charge >= 0.3 is 12.1 Å². The number of ether oxygens (including phenoxy) is 1. The molecule has 0 aliphatic heterocycles. The van der Waals surface area contributed by atoms with Gasteiger partial charge in [-0.15, -0.1) is 0 Å². The summed E-state index contributed by atoms with van der Waals surface area (Å²) in [6, 6.07) is -1.06. The van der Waals surface area contributed by atoms with E-state index in [0.29, 0.717) is 25.7 Å². The molecular formula is C13H22N4O4. The number of azide groups is 1. The summed E-state index contributed by atoms with van der Waals surface area (Å²) in [6.45, 7) is 5.15. The smallest absolute Gasteiger partial charge is 0.408 e. The Bertz CT molecular complexity index is 432. The molecule has 1 rings (SSSR count). The first-order valence-corrected chi connectivity index (χ1v) is 6.99. The first kappa shape index (κ1) is 17.1. The van der Waals surface area contributed by atoms with Crippen LogP contribution in [0.2, 0.25) is 0 Å². The van der Waals surface area contributed by atoms with Gasteiger partial charge in [0.05, 0.1) is 0 Å². The molecule has 0 aromatic heterocycles. The third kappa shape index (κ3) is 5.91. The lowest BCUT2D eigenvalue weighted by molar-refractivity contribution is -0.141. The second kappa shape index (κ2) is 7.17. The Kier molecular flexibility index (Phi) is 5.84. The number of rotatable bonds is 4. The van der Waals surface area contributed by atoms with Crippen LogP contribution in [0.25, 0.3) is 10.4 Å². The highest BCUT2D eigenvalue weighted by molar-refractivity contribution is 5.80. The van der Waals surface area contributed by atoms with Gasteiger partial charge in [-0.3, -0.25) is 0 Å². The number of aliphatic carboxylic acids is 1. The minimum absolute atomic E-state index is 0.0813. The number of nitrogens with one attached hydrogen (secondary N) is 1. The monoisotopic (exact) mass is 298 g/mol. The number of hydrogen-bond acceptors (Lipinski definition) is 4. The fraction of sp³-hybridized carbons (Fsp3) is 0.846. The van der Waals surface area contributed by atoms with Crippen molar-refractivity contribution in [2.24, 2.45) is 11.0 Å². The van der Waals surface area contributed by atoms with Crippen LogP contribution in [0.4, 0.5) is 4.79 Å². The first-order chi connectivity index (χ1) is 9.73. The molecule has 0 spiro atoms. The van der Waals surface area contributed by atoms with Crippen molar-refractivity contribution in [3.63, 3.8) is 0 Å². The fourth-order valence-electron chi connectivity index (χ4n) is 2.44. The average molecular weight is 298 g/mol. The van der Waals surface area contributed by atoms with E-state index in [-0.39, 0.29) is 12.0 Å². The van der Waals surface area contributed by atoms with Crippen LogP contribution in [0.3, 0.4) is 0 Å². The number of carbonyl (C=O) groups excluding carboxylic acids is 1. The van der Waals surface area contributed by atoms with E-state index in [1.807, 2.05) is 0 Å². The second-order valence-electron chi connectivity index (χ2n) is 6.24. The summed E-state index contributed by atoms with van der Waals surface area (Å²) >= 11 is 0. The minimum Gasteiger partial charge on any atom is -0.480 e. The number of carboxylic acid groups (broad SMARTS) is 1. The van der Waals surface area contributed by atoms with E-state index < -0.39 is 23.7 Å². The third-order valence-electron chi connectivity index (χ3n) is 3.37. The molecule has 0 radical (unpaired) electrons. The molecule has 1 amide bonds. The predicted octanol–water partition coefficient (Wildman–Crippen LogP) is 2.83. The molecule has 0 bridgehead atoms. The zero-order chi connectivity index (χ0) is 16.0. The molecule has 1 aliphatic carbocycles. The van der Waals surface area contributed by atoms with Gasteiger partial charge in [0.1, 0.15) is 11.6 Å². The zero-order valence-corrected chi connectivity index (χ0v) is 12.6. The molecule has 21 heavy (non-hydrogen) atoms. The van der Waals surface area contributed by atoms with Crippen LogP contribution in [0.1, 0.15) is 46.5 Å². The Labute approximate surface area is 123 Å². The van der Waals surface area contributed by atoms with Gasteiger partial charge in [0.25, 0.3) is 0 Å². The average Bonchev–Trinajstić information content (AvgIpc) is 2.35. The molecule has 0 heterocycles. The highest BCUT2D eigenvalue weighted by Gasteiger charge is 2.34. The molecule has 118 valence electrons. The van der Waals surface area contributed by atoms with Crippen LogP contribution in [0.15, 0.2) is 5.11 Å². The largest absolute Gasteiger partial charge is 0.480 e. The minimum atomic E-state index is -1.08. The quantitative estimate of drug-likeness (QED) is 0.470. The number of nitrogens with zero attached hydrogens (tertiary/aromatic N) is 3. The summed E-state index contributed by atoms with van der Waals surface area (Å²) in [5, 5.41) is 15.4. The normalized spacial score (nSPS) is 23.6. The summed E-state index contributed by atoms with van der Waals surface area (Å²) in [7, 11) is 0. The summed E-state index contributed by atoms with van der Waals surface area (Å²) < 4.78 is 5.09. The van der Waals surface area contributed by atoms with Gasteiger partial charge in [0.2, 0.25) is 0 Å². The lowest BCUT2D eigenvalue weighted by Gasteiger charge is -2.31. The fourth-order valence-corrected chi connectivity index (χ4v) is 2.44. The van der Waals surface area contributed by atoms with Crippen LogP contribution in [-0.4, -0.2) is 34.9 Å². The molecule has 0 saturated heterocycles. The van der Waals surface area contributed by atoms with E-state index >= 15 is 0 Å². The van der Waals surface area contributed by atoms with E-state index in [1.54, 1.807) is 20.8 Å². The third-order valence-corrected chi connectivity index (χ3v) is 3.37. The van der Waals surface area contributed by atoms with Crippen molar-refractivity contribution >= 4 is 12.1 Å². The predicted molar refractivity (Wildman–Crippen MR) is 75.7 cm³/mol. The standard InChI is InChI=1S/C13H22N4O4/c1-13(2,3)21-12(20)15-10(11(18)19)8-4-6-9(7-5-8)16-17-14/h8-10H,4-7H2,1-3H3,(H,15,20)(H,18,19)/t8?,9?,10-/m0/s1. The van der Waals surface area contributed by atoms with Crippen molar-refractivity contribution in [1.29, 1.82) is 0 Å². The van der Waals surface area contributed by atoms with Crippen molar-refractivity contribution in [2.75, 3.05) is 0 Å². The molecule has 8 nitrogen and oxygen atoms in total. The molecule has 1 saturated carbocycles. The molecule has 2 N–H and O–H groups in total. The van der Waals surface area contributed by atoms with Crippen LogP contribution < -0.4 is 5.32 Å². The Morgan fingerprint density at radius 3 is 2.33 bits per heavy atom. The SMILES string of the molecule is CC(C)(C)OC(=O)N[C@H](C(=O)O)C1CCC(N=[N+]=[N-])CC1. The lowest BCUT2D eigenvalue weighted by Crippen LogP contribution is -2.48. The molecule has 1 aliphatic rings. The van der Waals surface area contributed by atoms with Crippen molar-refractivity contribution in [3.8, 4) is 0 Å². The van der Waals surface area contributed by atoms with Gasteiger partial charge in [-0.25, -0.2) is 9.59 Å². The molecule has 1 fully saturated rings. The van der Waals surface area contributed by atoms with Crippen molar-refractivity contribution in [2.45, 2.75) is 64.1 Å². The summed E-state index contributed by atoms with van der Waals surface area (Å²) in [6.07, 6.45) is 1.72. The van der Waals surface area contributed by atoms with Crippen LogP contribution >= 0.6 is 0 Å². The number of hydrogen-bond donors (Lipinski definition) is 2. The zero-order valence-electron chi connectivity index (χ0n) is 12.6. The molecule has 0 unspecified atom stereocenters. The Morgan fingerprint density at radius 1 is 1.33 bits per heavy atom. The second-order valence-corrected chi connectivity index (χ2v) is 6.24. The van der Waals surface area contributed by atoms with E-state index in [1.165, 1.54) is 0 Å². The Balaban J connectivity index is 2.61. The molecular weight excluding hydrogens is 276 g/mol. The highest BCUT2D eigenvalue weighted by atomic mass is 16.6. The van der Waals surface area contributed by atoms with Crippen molar-refractivity contribution in [3.05, 3.63) is 10.4 Å². The maximum absolute atomic E-state index is 11.7. The lowest BCUT2D eigenvalue weighted by atomic mass is 9.82. The van der Waals surface area contributed by atoms with Crippen LogP contribution in [0.5, 0.6) is 0 Å². The van der Waals surface area contributed by atoms with Crippen LogP contribution in [0, 0.1) is 5.92 Å². The van der Waals surface area contributed by atoms with Gasteiger partial charge in [-0.2, -0.15) is 0 Å². The van der Waals surface area contributed by atoms with E-state index in [9.17, 15) is 14.7 Å². The van der Waals surface area contributed by atoms with Crippen molar-refractivity contribution < 1.29 is 19.4 Å². The highest BCUT2D eigenvalue weighted by Crippen LogP contribution is 2.29. The number of carbonyl (C=O) groups is 2. The van der Waals surface area contributed by atoms with Gasteiger partial charge in [-0.05, 0) is 57.9 Å². The Morgan fingerprint density at radius 2 is 1.90 bits per heavy atom. The molecule has 8 heteroatoms. The topological polar surface area (TPSA) is 124 Å². The van der Waals surface area contributed by atoms with Gasteiger partial charge in [0.15, 0.2) is 0 Å². The summed E-state index contributed by atoms with van der Waals surface area (Å²) in [5.41, 5.74) is 7.73. The Hall–Kier alpha value is -1.95. The maximum Gasteiger partial charge on any atom is 0.408 e. The number of alkyl carbamates (subject to hydrolysis) is 1. The van der Waals surface area contributed by atoms with E-state index in [0.717, 1.165) is 0 Å². The van der Waals surface area contributed by atoms with Crippen molar-refractivity contribution in [1.82, 2.24) is 5.32 Å². The van der Waals surface area contributed by atoms with Gasteiger partial charge < -0.3 is 15.2 Å².